The second kappa shape index (κ2) is 4.97. The van der Waals surface area contributed by atoms with Gasteiger partial charge in [0.15, 0.2) is 17.4 Å². The molecule has 1 amide bonds. The molecule has 0 radical (unpaired) electrons. The number of hydrogen-bond donors (Lipinski definition) is 2. The Hall–Kier alpha value is -1.76. The van der Waals surface area contributed by atoms with E-state index in [0.29, 0.717) is 12.5 Å². The number of carbonyl (C=O) groups excluding carboxylic acids is 1. The van der Waals surface area contributed by atoms with Crippen LogP contribution in [0.4, 0.5) is 13.2 Å². The van der Waals surface area contributed by atoms with Crippen molar-refractivity contribution >= 4 is 5.91 Å². The first-order valence-corrected chi connectivity index (χ1v) is 6.17. The summed E-state index contributed by atoms with van der Waals surface area (Å²) in [7, 11) is 0. The topological polar surface area (TPSA) is 60.8 Å². The molecule has 1 saturated heterocycles. The number of likely N-dealkylation sites (tertiary alicyclic amines) is 1. The minimum atomic E-state index is -1.73. The van der Waals surface area contributed by atoms with Gasteiger partial charge < -0.3 is 15.1 Å². The highest BCUT2D eigenvalue weighted by Crippen LogP contribution is 2.31. The van der Waals surface area contributed by atoms with E-state index in [1.807, 2.05) is 6.92 Å². The van der Waals surface area contributed by atoms with Crippen molar-refractivity contribution in [3.05, 3.63) is 29.1 Å². The Morgan fingerprint density at radius 3 is 2.50 bits per heavy atom. The number of phenols is 1. The normalized spacial score (nSPS) is 16.9. The van der Waals surface area contributed by atoms with Crippen molar-refractivity contribution in [1.82, 2.24) is 4.90 Å². The van der Waals surface area contributed by atoms with Gasteiger partial charge in [-0.05, 0) is 12.5 Å². The summed E-state index contributed by atoms with van der Waals surface area (Å²) in [6, 6.07) is 0.407. The number of carbonyl (C=O) groups is 1. The number of amides is 1. The van der Waals surface area contributed by atoms with Crippen LogP contribution in [0.3, 0.4) is 0 Å². The van der Waals surface area contributed by atoms with E-state index in [9.17, 15) is 23.1 Å². The van der Waals surface area contributed by atoms with Gasteiger partial charge in [-0.15, -0.1) is 0 Å². The third-order valence-corrected chi connectivity index (χ3v) is 3.34. The molecule has 0 aliphatic carbocycles. The fraction of sp³-hybridized carbons (Fsp3) is 0.462. The molecule has 20 heavy (non-hydrogen) atoms. The third kappa shape index (κ3) is 2.33. The molecule has 4 nitrogen and oxygen atoms in total. The van der Waals surface area contributed by atoms with E-state index in [1.165, 1.54) is 0 Å². The maximum atomic E-state index is 13.6. The average molecular weight is 289 g/mol. The molecule has 1 aromatic carbocycles. The number of aromatic hydroxyl groups is 1. The summed E-state index contributed by atoms with van der Waals surface area (Å²) < 4.78 is 39.6. The molecule has 0 bridgehead atoms. The van der Waals surface area contributed by atoms with Gasteiger partial charge >= 0.3 is 0 Å². The van der Waals surface area contributed by atoms with Gasteiger partial charge in [0.05, 0.1) is 24.3 Å². The lowest BCUT2D eigenvalue weighted by molar-refractivity contribution is -0.0861. The predicted molar refractivity (Wildman–Crippen MR) is 63.7 cm³/mol. The first kappa shape index (κ1) is 14.6. The van der Waals surface area contributed by atoms with Crippen LogP contribution >= 0.6 is 0 Å². The molecule has 0 spiro atoms. The zero-order chi connectivity index (χ0) is 15.1. The summed E-state index contributed by atoms with van der Waals surface area (Å²) >= 11 is 0. The number of halogens is 3. The summed E-state index contributed by atoms with van der Waals surface area (Å²) in [5, 5.41) is 19.0. The first-order chi connectivity index (χ1) is 9.29. The fourth-order valence-electron chi connectivity index (χ4n) is 2.35. The van der Waals surface area contributed by atoms with Crippen LogP contribution in [0, 0.1) is 17.5 Å². The van der Waals surface area contributed by atoms with Gasteiger partial charge in [-0.3, -0.25) is 4.79 Å². The second-order valence-corrected chi connectivity index (χ2v) is 5.02. The fourth-order valence-corrected chi connectivity index (χ4v) is 2.35. The Bertz CT molecular complexity index is 556. The Balaban J connectivity index is 2.20. The molecule has 7 heteroatoms. The van der Waals surface area contributed by atoms with Gasteiger partial charge in [0.2, 0.25) is 5.82 Å². The highest BCUT2D eigenvalue weighted by Gasteiger charge is 2.43. The van der Waals surface area contributed by atoms with Crippen LogP contribution in [0.15, 0.2) is 6.07 Å². The molecule has 110 valence electrons. The number of rotatable bonds is 3. The summed E-state index contributed by atoms with van der Waals surface area (Å²) in [6.07, 6.45) is 1.21. The zero-order valence-electron chi connectivity index (χ0n) is 10.8. The highest BCUT2D eigenvalue weighted by molar-refractivity contribution is 5.95. The van der Waals surface area contributed by atoms with Gasteiger partial charge in [0, 0.05) is 0 Å². The number of nitrogens with zero attached hydrogens (tertiary/aromatic N) is 1. The van der Waals surface area contributed by atoms with Gasteiger partial charge in [-0.1, -0.05) is 13.3 Å². The van der Waals surface area contributed by atoms with E-state index >= 15 is 0 Å². The lowest BCUT2D eigenvalue weighted by Crippen LogP contribution is -2.63. The molecule has 2 rings (SSSR count). The standard InChI is InChI=1S/C13H14F3NO3/c1-2-3-13(20)5-17(6-13)12(19)7-4-8(14)10(16)11(18)9(7)15/h4,18,20H,2-3,5-6H2,1H3. The third-order valence-electron chi connectivity index (χ3n) is 3.34. The number of phenolic OH excluding ortho intramolecular Hbond substituents is 1. The molecule has 0 unspecified atom stereocenters. The number of benzene rings is 1. The molecule has 1 aromatic rings. The minimum absolute atomic E-state index is 0.00112. The summed E-state index contributed by atoms with van der Waals surface area (Å²) in [5.74, 6) is -7.14. The Morgan fingerprint density at radius 1 is 1.35 bits per heavy atom. The van der Waals surface area contributed by atoms with Gasteiger partial charge in [-0.25, -0.2) is 8.78 Å². The van der Waals surface area contributed by atoms with E-state index in [2.05, 4.69) is 0 Å². The lowest BCUT2D eigenvalue weighted by Gasteiger charge is -2.46. The monoisotopic (exact) mass is 289 g/mol. The molecule has 1 fully saturated rings. The van der Waals surface area contributed by atoms with Gasteiger partial charge in [-0.2, -0.15) is 4.39 Å². The average Bonchev–Trinajstić information content (AvgIpc) is 2.37. The summed E-state index contributed by atoms with van der Waals surface area (Å²) in [5.41, 5.74) is -1.76. The maximum Gasteiger partial charge on any atom is 0.257 e. The van der Waals surface area contributed by atoms with Crippen LogP contribution in [-0.2, 0) is 0 Å². The molecule has 2 N–H and O–H groups in total. The van der Waals surface area contributed by atoms with Crippen molar-refractivity contribution in [2.45, 2.75) is 25.4 Å². The van der Waals surface area contributed by atoms with Crippen molar-refractivity contribution in [3.8, 4) is 5.75 Å². The largest absolute Gasteiger partial charge is 0.503 e. The van der Waals surface area contributed by atoms with E-state index in [1.54, 1.807) is 0 Å². The molecular formula is C13H14F3NO3. The Morgan fingerprint density at radius 2 is 1.95 bits per heavy atom. The summed E-state index contributed by atoms with van der Waals surface area (Å²) in [4.78, 5) is 13.0. The number of aliphatic hydroxyl groups is 1. The maximum absolute atomic E-state index is 13.6. The molecule has 0 atom stereocenters. The van der Waals surface area contributed by atoms with E-state index < -0.39 is 40.3 Å². The van der Waals surface area contributed by atoms with E-state index in [-0.39, 0.29) is 13.1 Å². The lowest BCUT2D eigenvalue weighted by atomic mass is 9.88. The number of β-amino-alcohol motifs (C(OH)–C–C–N with tert-alkyl or cyclic N) is 1. The van der Waals surface area contributed by atoms with Crippen molar-refractivity contribution in [2.24, 2.45) is 0 Å². The van der Waals surface area contributed by atoms with Crippen molar-refractivity contribution < 1.29 is 28.2 Å². The van der Waals surface area contributed by atoms with E-state index in [4.69, 9.17) is 5.11 Å². The van der Waals surface area contributed by atoms with Crippen LogP contribution in [-0.4, -0.2) is 39.7 Å². The second-order valence-electron chi connectivity index (χ2n) is 5.02. The van der Waals surface area contributed by atoms with Gasteiger partial charge in [0.25, 0.3) is 5.91 Å². The molecule has 0 aromatic heterocycles. The number of hydrogen-bond acceptors (Lipinski definition) is 3. The molecule has 1 aliphatic heterocycles. The molecular weight excluding hydrogens is 275 g/mol. The van der Waals surface area contributed by atoms with Gasteiger partial charge in [0.1, 0.15) is 0 Å². The Kier molecular flexibility index (Phi) is 3.64. The van der Waals surface area contributed by atoms with Crippen LogP contribution in [0.1, 0.15) is 30.1 Å². The van der Waals surface area contributed by atoms with Crippen molar-refractivity contribution in [1.29, 1.82) is 0 Å². The molecule has 1 heterocycles. The summed E-state index contributed by atoms with van der Waals surface area (Å²) in [6.45, 7) is 1.87. The van der Waals surface area contributed by atoms with Crippen molar-refractivity contribution in [2.75, 3.05) is 13.1 Å². The zero-order valence-corrected chi connectivity index (χ0v) is 10.8. The molecule has 0 saturated carbocycles. The Labute approximate surface area is 113 Å². The van der Waals surface area contributed by atoms with Crippen LogP contribution in [0.5, 0.6) is 5.75 Å². The minimum Gasteiger partial charge on any atom is -0.503 e. The molecule has 1 aliphatic rings. The van der Waals surface area contributed by atoms with Crippen LogP contribution in [0.2, 0.25) is 0 Å². The quantitative estimate of drug-likeness (QED) is 0.834. The highest BCUT2D eigenvalue weighted by atomic mass is 19.2. The van der Waals surface area contributed by atoms with Crippen LogP contribution < -0.4 is 0 Å². The smallest absolute Gasteiger partial charge is 0.257 e. The van der Waals surface area contributed by atoms with Crippen molar-refractivity contribution in [3.63, 3.8) is 0 Å². The van der Waals surface area contributed by atoms with E-state index in [0.717, 1.165) is 11.3 Å². The SMILES string of the molecule is CCCC1(O)CN(C(=O)c2cc(F)c(F)c(O)c2F)C1. The predicted octanol–water partition coefficient (Wildman–Crippen LogP) is 1.80. The van der Waals surface area contributed by atoms with Crippen LogP contribution in [0.25, 0.3) is 0 Å². The first-order valence-electron chi connectivity index (χ1n) is 6.17.